The van der Waals surface area contributed by atoms with Gasteiger partial charge >= 0.3 is 6.09 Å². The van der Waals surface area contributed by atoms with Crippen LogP contribution in [0.1, 0.15) is 27.7 Å². The fourth-order valence-corrected chi connectivity index (χ4v) is 0.249. The van der Waals surface area contributed by atoms with E-state index in [9.17, 15) is 4.79 Å². The summed E-state index contributed by atoms with van der Waals surface area (Å²) in [6.07, 6.45) is -0.696. The van der Waals surface area contributed by atoms with Crippen molar-refractivity contribution in [2.45, 2.75) is 27.7 Å². The molecule has 0 radical (unpaired) electrons. The van der Waals surface area contributed by atoms with Crippen molar-refractivity contribution in [3.05, 3.63) is 12.2 Å². The minimum atomic E-state index is -0.696. The van der Waals surface area contributed by atoms with Crippen molar-refractivity contribution in [3.8, 4) is 0 Å². The highest BCUT2D eigenvalue weighted by Gasteiger charge is 1.95. The summed E-state index contributed by atoms with van der Waals surface area (Å²) in [4.78, 5) is 9.90. The van der Waals surface area contributed by atoms with Gasteiger partial charge in [0.2, 0.25) is 0 Å². The van der Waals surface area contributed by atoms with Gasteiger partial charge in [0, 0.05) is 0 Å². The monoisotopic (exact) mass is 173 g/mol. The van der Waals surface area contributed by atoms with Crippen LogP contribution in [-0.2, 0) is 4.74 Å². The maximum Gasteiger partial charge on any atom is 0.404 e. The third kappa shape index (κ3) is 36.0. The van der Waals surface area contributed by atoms with Gasteiger partial charge < -0.3 is 10.5 Å². The van der Waals surface area contributed by atoms with Crippen molar-refractivity contribution in [1.29, 1.82) is 0 Å². The lowest BCUT2D eigenvalue weighted by molar-refractivity contribution is 0.143. The zero-order valence-corrected chi connectivity index (χ0v) is 8.39. The molecule has 0 aromatic rings. The van der Waals surface area contributed by atoms with Gasteiger partial charge in [0.1, 0.15) is 0 Å². The van der Waals surface area contributed by atoms with Crippen molar-refractivity contribution in [1.82, 2.24) is 0 Å². The van der Waals surface area contributed by atoms with Crippen LogP contribution in [0.5, 0.6) is 0 Å². The molecule has 2 N–H and O–H groups in total. The summed E-state index contributed by atoms with van der Waals surface area (Å²) in [6, 6.07) is 0. The SMILES string of the molecule is C=C(C)C.CC(C)COC(N)=O. The Labute approximate surface area is 74.6 Å². The maximum absolute atomic E-state index is 9.90. The molecule has 0 heterocycles. The molecule has 0 unspecified atom stereocenters. The van der Waals surface area contributed by atoms with Crippen molar-refractivity contribution in [3.63, 3.8) is 0 Å². The summed E-state index contributed by atoms with van der Waals surface area (Å²) in [5, 5.41) is 0. The third-order valence-corrected chi connectivity index (χ3v) is 0.559. The lowest BCUT2D eigenvalue weighted by Gasteiger charge is -2.01. The average molecular weight is 173 g/mol. The number of primary amides is 1. The lowest BCUT2D eigenvalue weighted by atomic mass is 10.2. The molecule has 0 saturated heterocycles. The molecule has 3 nitrogen and oxygen atoms in total. The number of amides is 1. The molecule has 0 aliphatic heterocycles. The molecular weight excluding hydrogens is 154 g/mol. The first-order valence-electron chi connectivity index (χ1n) is 3.90. The van der Waals surface area contributed by atoms with Gasteiger partial charge in [0.25, 0.3) is 0 Å². The van der Waals surface area contributed by atoms with Gasteiger partial charge in [-0.25, -0.2) is 4.79 Å². The fraction of sp³-hybridized carbons (Fsp3) is 0.667. The van der Waals surface area contributed by atoms with Gasteiger partial charge in [-0.05, 0) is 19.8 Å². The van der Waals surface area contributed by atoms with Crippen molar-refractivity contribution >= 4 is 6.09 Å². The Balaban J connectivity index is 0. The number of hydrogen-bond acceptors (Lipinski definition) is 2. The van der Waals surface area contributed by atoms with E-state index in [1.807, 2.05) is 27.7 Å². The van der Waals surface area contributed by atoms with Gasteiger partial charge in [-0.2, -0.15) is 0 Å². The molecule has 0 aliphatic rings. The summed E-state index contributed by atoms with van der Waals surface area (Å²) in [5.41, 5.74) is 5.85. The molecule has 1 amide bonds. The Morgan fingerprint density at radius 1 is 1.50 bits per heavy atom. The minimum Gasteiger partial charge on any atom is -0.449 e. The molecule has 12 heavy (non-hydrogen) atoms. The molecule has 0 atom stereocenters. The number of carbonyl (C=O) groups excluding carboxylic acids is 1. The number of hydrogen-bond donors (Lipinski definition) is 1. The number of nitrogens with two attached hydrogens (primary N) is 1. The van der Waals surface area contributed by atoms with Crippen molar-refractivity contribution < 1.29 is 9.53 Å². The summed E-state index contributed by atoms with van der Waals surface area (Å²) in [6.45, 7) is 11.8. The smallest absolute Gasteiger partial charge is 0.404 e. The molecule has 72 valence electrons. The Hall–Kier alpha value is -0.990. The van der Waals surface area contributed by atoms with E-state index in [1.54, 1.807) is 0 Å². The van der Waals surface area contributed by atoms with E-state index >= 15 is 0 Å². The summed E-state index contributed by atoms with van der Waals surface area (Å²) >= 11 is 0. The van der Waals surface area contributed by atoms with Gasteiger partial charge in [0.15, 0.2) is 0 Å². The molecule has 0 rings (SSSR count). The van der Waals surface area contributed by atoms with Crippen LogP contribution in [0.4, 0.5) is 4.79 Å². The topological polar surface area (TPSA) is 52.3 Å². The molecule has 0 fully saturated rings. The van der Waals surface area contributed by atoms with E-state index in [-0.39, 0.29) is 0 Å². The minimum absolute atomic E-state index is 0.363. The van der Waals surface area contributed by atoms with Crippen LogP contribution in [0.3, 0.4) is 0 Å². The summed E-state index contributed by atoms with van der Waals surface area (Å²) < 4.78 is 4.44. The van der Waals surface area contributed by atoms with Gasteiger partial charge in [-0.3, -0.25) is 0 Å². The second-order valence-corrected chi connectivity index (χ2v) is 3.23. The zero-order chi connectivity index (χ0) is 10.1. The van der Waals surface area contributed by atoms with Crippen molar-refractivity contribution in [2.24, 2.45) is 11.7 Å². The van der Waals surface area contributed by atoms with Crippen LogP contribution in [0.15, 0.2) is 12.2 Å². The van der Waals surface area contributed by atoms with Crippen LogP contribution in [0.2, 0.25) is 0 Å². The molecule has 3 heteroatoms. The van der Waals surface area contributed by atoms with Gasteiger partial charge in [-0.15, -0.1) is 6.58 Å². The maximum atomic E-state index is 9.90. The third-order valence-electron chi connectivity index (χ3n) is 0.559. The van der Waals surface area contributed by atoms with Gasteiger partial charge in [0.05, 0.1) is 6.61 Å². The van der Waals surface area contributed by atoms with E-state index in [2.05, 4.69) is 17.0 Å². The van der Waals surface area contributed by atoms with Crippen LogP contribution < -0.4 is 5.73 Å². The molecule has 0 aromatic heterocycles. The summed E-state index contributed by atoms with van der Waals surface area (Å²) in [7, 11) is 0. The molecule has 0 bridgehead atoms. The van der Waals surface area contributed by atoms with E-state index in [0.717, 1.165) is 0 Å². The highest BCUT2D eigenvalue weighted by molar-refractivity contribution is 5.64. The number of ether oxygens (including phenoxy) is 1. The standard InChI is InChI=1S/C5H11NO2.C4H8/c1-4(2)3-8-5(6)7;1-4(2)3/h4H,3H2,1-2H3,(H2,6,7);1H2,2-3H3. The normalized spacial score (nSPS) is 8.42. The van der Waals surface area contributed by atoms with Crippen LogP contribution in [0, 0.1) is 5.92 Å². The Morgan fingerprint density at radius 2 is 1.83 bits per heavy atom. The van der Waals surface area contributed by atoms with E-state index < -0.39 is 6.09 Å². The first-order chi connectivity index (χ1) is 5.36. The van der Waals surface area contributed by atoms with E-state index in [1.165, 1.54) is 5.57 Å². The first kappa shape index (κ1) is 13.6. The van der Waals surface area contributed by atoms with Crippen LogP contribution >= 0.6 is 0 Å². The largest absolute Gasteiger partial charge is 0.449 e. The van der Waals surface area contributed by atoms with Crippen LogP contribution in [0.25, 0.3) is 0 Å². The second kappa shape index (κ2) is 8.11. The Kier molecular flexibility index (Phi) is 9.18. The van der Waals surface area contributed by atoms with E-state index in [0.29, 0.717) is 12.5 Å². The molecule has 0 spiro atoms. The highest BCUT2D eigenvalue weighted by atomic mass is 16.5. The Bertz CT molecular complexity index is 137. The van der Waals surface area contributed by atoms with Gasteiger partial charge in [-0.1, -0.05) is 19.4 Å². The first-order valence-corrected chi connectivity index (χ1v) is 3.90. The predicted octanol–water partition coefficient (Wildman–Crippen LogP) is 2.32. The van der Waals surface area contributed by atoms with E-state index in [4.69, 9.17) is 0 Å². The number of allylic oxidation sites excluding steroid dienone is 1. The Morgan fingerprint density at radius 3 is 1.92 bits per heavy atom. The quantitative estimate of drug-likeness (QED) is 0.651. The highest BCUT2D eigenvalue weighted by Crippen LogP contribution is 1.90. The molecule has 0 saturated carbocycles. The predicted molar refractivity (Wildman–Crippen MR) is 50.9 cm³/mol. The molecule has 0 aromatic carbocycles. The molecule has 0 aliphatic carbocycles. The summed E-state index contributed by atoms with van der Waals surface area (Å²) in [5.74, 6) is 0.363. The second-order valence-electron chi connectivity index (χ2n) is 3.23. The number of rotatable bonds is 2. The average Bonchev–Trinajstić information content (AvgIpc) is 1.82. The molecular formula is C9H19NO2. The lowest BCUT2D eigenvalue weighted by Crippen LogP contribution is -2.16. The van der Waals surface area contributed by atoms with Crippen molar-refractivity contribution in [2.75, 3.05) is 6.61 Å². The fourth-order valence-electron chi connectivity index (χ4n) is 0.249. The zero-order valence-electron chi connectivity index (χ0n) is 8.39. The van der Waals surface area contributed by atoms with Crippen LogP contribution in [-0.4, -0.2) is 12.7 Å². The number of carbonyl (C=O) groups is 1.